The predicted molar refractivity (Wildman–Crippen MR) is 46.6 cm³/mol. The van der Waals surface area contributed by atoms with E-state index in [1.165, 1.54) is 16.2 Å². The fourth-order valence-electron chi connectivity index (χ4n) is 0.713. The number of aryl methyl sites for hydroxylation is 2. The summed E-state index contributed by atoms with van der Waals surface area (Å²) in [6.45, 7) is 2.14. The van der Waals surface area contributed by atoms with Crippen LogP contribution in [0.5, 0.6) is 0 Å². The molecule has 9 heavy (non-hydrogen) atoms. The average molecular weight is 205 g/mol. The number of hydrogen-bond donors (Lipinski definition) is 0. The molecule has 1 aromatic rings. The zero-order valence-corrected chi connectivity index (χ0v) is 7.76. The van der Waals surface area contributed by atoms with Crippen LogP contribution in [-0.4, -0.2) is 5.33 Å². The van der Waals surface area contributed by atoms with Gasteiger partial charge in [0.25, 0.3) is 0 Å². The smallest absolute Gasteiger partial charge is 0.00796 e. The molecule has 1 aromatic heterocycles. The molecule has 0 saturated heterocycles. The van der Waals surface area contributed by atoms with E-state index in [9.17, 15) is 0 Å². The second kappa shape index (κ2) is 3.37. The Hall–Kier alpha value is 0.180. The highest BCUT2D eigenvalue weighted by molar-refractivity contribution is 9.09. The minimum Gasteiger partial charge on any atom is -0.146 e. The van der Waals surface area contributed by atoms with E-state index >= 15 is 0 Å². The lowest BCUT2D eigenvalue weighted by atomic mass is 10.4. The summed E-state index contributed by atoms with van der Waals surface area (Å²) in [7, 11) is 0. The van der Waals surface area contributed by atoms with Crippen molar-refractivity contribution in [3.05, 3.63) is 21.9 Å². The van der Waals surface area contributed by atoms with Crippen molar-refractivity contribution in [2.45, 2.75) is 13.3 Å². The summed E-state index contributed by atoms with van der Waals surface area (Å²) in [5.74, 6) is 0. The summed E-state index contributed by atoms with van der Waals surface area (Å²) in [5.41, 5.74) is 0. The SMILES string of the molecule is Cc1ccc(CCBr)s1. The summed E-state index contributed by atoms with van der Waals surface area (Å²) in [5, 5.41) is 1.08. The molecule has 0 nitrogen and oxygen atoms in total. The van der Waals surface area contributed by atoms with Crippen LogP contribution in [0, 0.1) is 6.92 Å². The van der Waals surface area contributed by atoms with Crippen molar-refractivity contribution in [3.63, 3.8) is 0 Å². The van der Waals surface area contributed by atoms with Gasteiger partial charge >= 0.3 is 0 Å². The molecule has 0 aliphatic rings. The van der Waals surface area contributed by atoms with Crippen molar-refractivity contribution in [1.82, 2.24) is 0 Å². The Morgan fingerprint density at radius 3 is 2.78 bits per heavy atom. The molecule has 1 rings (SSSR count). The standard InChI is InChI=1S/C7H9BrS/c1-6-2-3-7(9-6)4-5-8/h2-3H,4-5H2,1H3. The van der Waals surface area contributed by atoms with E-state index in [4.69, 9.17) is 0 Å². The molecule has 0 aromatic carbocycles. The fourth-order valence-corrected chi connectivity index (χ4v) is 2.29. The zero-order valence-electron chi connectivity index (χ0n) is 5.36. The van der Waals surface area contributed by atoms with Crippen LogP contribution >= 0.6 is 27.3 Å². The number of alkyl halides is 1. The molecule has 0 aliphatic carbocycles. The molecule has 0 aliphatic heterocycles. The zero-order chi connectivity index (χ0) is 6.69. The van der Waals surface area contributed by atoms with Crippen molar-refractivity contribution in [3.8, 4) is 0 Å². The Balaban J connectivity index is 2.61. The van der Waals surface area contributed by atoms with Crippen molar-refractivity contribution in [2.75, 3.05) is 5.33 Å². The van der Waals surface area contributed by atoms with E-state index in [0.29, 0.717) is 0 Å². The Bertz CT molecular complexity index is 181. The molecule has 0 bridgehead atoms. The van der Waals surface area contributed by atoms with E-state index in [1.807, 2.05) is 11.3 Å². The third-order valence-corrected chi connectivity index (χ3v) is 2.59. The number of thiophene rings is 1. The maximum Gasteiger partial charge on any atom is 0.00796 e. The van der Waals surface area contributed by atoms with E-state index < -0.39 is 0 Å². The molecular formula is C7H9BrS. The maximum atomic E-state index is 3.40. The molecule has 50 valence electrons. The lowest BCUT2D eigenvalue weighted by Gasteiger charge is -1.85. The van der Waals surface area contributed by atoms with Gasteiger partial charge in [-0.15, -0.1) is 11.3 Å². The fraction of sp³-hybridized carbons (Fsp3) is 0.429. The average Bonchev–Trinajstić information content (AvgIpc) is 2.17. The van der Waals surface area contributed by atoms with Crippen molar-refractivity contribution in [1.29, 1.82) is 0 Å². The lowest BCUT2D eigenvalue weighted by Crippen LogP contribution is -1.76. The largest absolute Gasteiger partial charge is 0.146 e. The van der Waals surface area contributed by atoms with Gasteiger partial charge in [0.15, 0.2) is 0 Å². The van der Waals surface area contributed by atoms with Crippen molar-refractivity contribution in [2.24, 2.45) is 0 Å². The van der Waals surface area contributed by atoms with Gasteiger partial charge < -0.3 is 0 Å². The van der Waals surface area contributed by atoms with Crippen LogP contribution < -0.4 is 0 Å². The molecule has 0 spiro atoms. The molecule has 0 unspecified atom stereocenters. The molecule has 0 radical (unpaired) electrons. The first-order valence-corrected chi connectivity index (χ1v) is 4.88. The summed E-state index contributed by atoms with van der Waals surface area (Å²) in [6.07, 6.45) is 1.17. The molecule has 0 fully saturated rings. The van der Waals surface area contributed by atoms with Crippen molar-refractivity contribution >= 4 is 27.3 Å². The van der Waals surface area contributed by atoms with Crippen LogP contribution in [0.1, 0.15) is 9.75 Å². The molecular weight excluding hydrogens is 196 g/mol. The van der Waals surface area contributed by atoms with Crippen LogP contribution in [0.2, 0.25) is 0 Å². The molecule has 2 heteroatoms. The van der Waals surface area contributed by atoms with Crippen LogP contribution in [0.3, 0.4) is 0 Å². The first-order valence-electron chi connectivity index (χ1n) is 2.94. The van der Waals surface area contributed by atoms with Gasteiger partial charge in [-0.3, -0.25) is 0 Å². The highest BCUT2D eigenvalue weighted by Crippen LogP contribution is 2.15. The molecule has 1 heterocycles. The Kier molecular flexibility index (Phi) is 2.73. The molecule has 0 saturated carbocycles. The van der Waals surface area contributed by atoms with Gasteiger partial charge in [0, 0.05) is 15.1 Å². The van der Waals surface area contributed by atoms with Gasteiger partial charge in [-0.25, -0.2) is 0 Å². The normalized spacial score (nSPS) is 10.0. The summed E-state index contributed by atoms with van der Waals surface area (Å²) >= 11 is 5.28. The van der Waals surface area contributed by atoms with Crippen LogP contribution in [0.4, 0.5) is 0 Å². The van der Waals surface area contributed by atoms with Gasteiger partial charge in [-0.2, -0.15) is 0 Å². The third-order valence-electron chi connectivity index (χ3n) is 1.14. The topological polar surface area (TPSA) is 0 Å². The summed E-state index contributed by atoms with van der Waals surface area (Å²) < 4.78 is 0. The minimum atomic E-state index is 1.08. The molecule has 0 amide bonds. The number of halogens is 1. The van der Waals surface area contributed by atoms with Gasteiger partial charge in [-0.05, 0) is 25.5 Å². The monoisotopic (exact) mass is 204 g/mol. The van der Waals surface area contributed by atoms with Crippen LogP contribution in [0.15, 0.2) is 12.1 Å². The van der Waals surface area contributed by atoms with E-state index in [1.54, 1.807) is 0 Å². The van der Waals surface area contributed by atoms with Gasteiger partial charge in [0.05, 0.1) is 0 Å². The summed E-state index contributed by atoms with van der Waals surface area (Å²) in [4.78, 5) is 2.88. The second-order valence-corrected chi connectivity index (χ2v) is 4.12. The first kappa shape index (κ1) is 7.29. The quantitative estimate of drug-likeness (QED) is 0.651. The highest BCUT2D eigenvalue weighted by atomic mass is 79.9. The molecule has 0 N–H and O–H groups in total. The van der Waals surface area contributed by atoms with Crippen LogP contribution in [-0.2, 0) is 6.42 Å². The van der Waals surface area contributed by atoms with Crippen LogP contribution in [0.25, 0.3) is 0 Å². The molecule has 0 atom stereocenters. The van der Waals surface area contributed by atoms with Crippen molar-refractivity contribution < 1.29 is 0 Å². The Labute approximate surface area is 68.0 Å². The first-order chi connectivity index (χ1) is 4.33. The lowest BCUT2D eigenvalue weighted by molar-refractivity contribution is 1.22. The van der Waals surface area contributed by atoms with E-state index in [-0.39, 0.29) is 0 Å². The predicted octanol–water partition coefficient (Wildman–Crippen LogP) is 2.99. The van der Waals surface area contributed by atoms with Gasteiger partial charge in [-0.1, -0.05) is 15.9 Å². The van der Waals surface area contributed by atoms with E-state index in [2.05, 4.69) is 35.0 Å². The maximum absolute atomic E-state index is 3.40. The highest BCUT2D eigenvalue weighted by Gasteiger charge is 1.92. The minimum absolute atomic E-state index is 1.08. The van der Waals surface area contributed by atoms with Gasteiger partial charge in [0.1, 0.15) is 0 Å². The van der Waals surface area contributed by atoms with E-state index in [0.717, 1.165) is 5.33 Å². The van der Waals surface area contributed by atoms with Gasteiger partial charge in [0.2, 0.25) is 0 Å². The number of rotatable bonds is 2. The summed E-state index contributed by atoms with van der Waals surface area (Å²) in [6, 6.07) is 4.36. The Morgan fingerprint density at radius 2 is 2.33 bits per heavy atom. The number of hydrogen-bond acceptors (Lipinski definition) is 1. The third kappa shape index (κ3) is 2.11. The Morgan fingerprint density at radius 1 is 1.56 bits per heavy atom. The second-order valence-electron chi connectivity index (χ2n) is 1.95.